The summed E-state index contributed by atoms with van der Waals surface area (Å²) in [5.41, 5.74) is 1.51. The van der Waals surface area contributed by atoms with E-state index in [2.05, 4.69) is 15.3 Å². The molecule has 0 saturated carbocycles. The van der Waals surface area contributed by atoms with E-state index >= 15 is 0 Å². The number of hydrogen-bond donors (Lipinski definition) is 1. The zero-order valence-electron chi connectivity index (χ0n) is 8.41. The number of hydrogen-bond acceptors (Lipinski definition) is 4. The molecule has 0 aliphatic carbocycles. The SMILES string of the molecule is CNc1nc(-c2ccc(F)cn2)c(C)s1. The average molecular weight is 223 g/mol. The lowest BCUT2D eigenvalue weighted by Gasteiger charge is -1.96. The number of nitrogens with zero attached hydrogens (tertiary/aromatic N) is 2. The van der Waals surface area contributed by atoms with Crippen LogP contribution in [-0.2, 0) is 0 Å². The van der Waals surface area contributed by atoms with E-state index in [1.165, 1.54) is 12.3 Å². The predicted octanol–water partition coefficient (Wildman–Crippen LogP) is 2.69. The quantitative estimate of drug-likeness (QED) is 0.850. The maximum absolute atomic E-state index is 12.7. The first kappa shape index (κ1) is 10.0. The minimum absolute atomic E-state index is 0.333. The molecule has 0 atom stereocenters. The third-order valence-corrected chi connectivity index (χ3v) is 2.97. The summed E-state index contributed by atoms with van der Waals surface area (Å²) in [7, 11) is 1.82. The van der Waals surface area contributed by atoms with Gasteiger partial charge in [-0.15, -0.1) is 11.3 Å². The smallest absolute Gasteiger partial charge is 0.183 e. The van der Waals surface area contributed by atoms with Crippen molar-refractivity contribution < 1.29 is 4.39 Å². The second-order valence-corrected chi connectivity index (χ2v) is 4.24. The molecule has 0 saturated heterocycles. The lowest BCUT2D eigenvalue weighted by atomic mass is 10.2. The Morgan fingerprint density at radius 1 is 1.40 bits per heavy atom. The van der Waals surface area contributed by atoms with Gasteiger partial charge in [0.25, 0.3) is 0 Å². The number of pyridine rings is 1. The fourth-order valence-corrected chi connectivity index (χ4v) is 2.03. The Morgan fingerprint density at radius 3 is 2.73 bits per heavy atom. The predicted molar refractivity (Wildman–Crippen MR) is 59.6 cm³/mol. The van der Waals surface area contributed by atoms with Crippen LogP contribution in [0.15, 0.2) is 18.3 Å². The normalized spacial score (nSPS) is 10.3. The van der Waals surface area contributed by atoms with Gasteiger partial charge in [-0.05, 0) is 19.1 Å². The molecule has 0 aromatic carbocycles. The molecule has 3 nitrogen and oxygen atoms in total. The minimum Gasteiger partial charge on any atom is -0.365 e. The van der Waals surface area contributed by atoms with Crippen molar-refractivity contribution in [2.24, 2.45) is 0 Å². The number of aromatic nitrogens is 2. The summed E-state index contributed by atoms with van der Waals surface area (Å²) >= 11 is 1.56. The van der Waals surface area contributed by atoms with Crippen molar-refractivity contribution in [1.82, 2.24) is 9.97 Å². The Bertz CT molecular complexity index is 464. The third-order valence-electron chi connectivity index (χ3n) is 1.98. The number of thiazole rings is 1. The maximum Gasteiger partial charge on any atom is 0.183 e. The molecule has 0 bridgehead atoms. The van der Waals surface area contributed by atoms with Crippen LogP contribution in [0.2, 0.25) is 0 Å². The van der Waals surface area contributed by atoms with Gasteiger partial charge in [0.1, 0.15) is 11.5 Å². The molecule has 1 N–H and O–H groups in total. The van der Waals surface area contributed by atoms with E-state index in [1.807, 2.05) is 14.0 Å². The van der Waals surface area contributed by atoms with Crippen molar-refractivity contribution in [3.8, 4) is 11.4 Å². The molecule has 15 heavy (non-hydrogen) atoms. The molecule has 0 fully saturated rings. The van der Waals surface area contributed by atoms with Crippen molar-refractivity contribution in [2.75, 3.05) is 12.4 Å². The number of nitrogens with one attached hydrogen (secondary N) is 1. The van der Waals surface area contributed by atoms with Gasteiger partial charge in [0, 0.05) is 11.9 Å². The highest BCUT2D eigenvalue weighted by atomic mass is 32.1. The van der Waals surface area contributed by atoms with Gasteiger partial charge >= 0.3 is 0 Å². The van der Waals surface area contributed by atoms with Gasteiger partial charge in [0.15, 0.2) is 5.13 Å². The number of rotatable bonds is 2. The molecule has 2 rings (SSSR count). The van der Waals surface area contributed by atoms with Crippen LogP contribution in [0, 0.1) is 12.7 Å². The van der Waals surface area contributed by atoms with E-state index in [1.54, 1.807) is 17.4 Å². The highest BCUT2D eigenvalue weighted by molar-refractivity contribution is 7.15. The third kappa shape index (κ3) is 1.97. The van der Waals surface area contributed by atoms with Crippen LogP contribution in [0.4, 0.5) is 9.52 Å². The Hall–Kier alpha value is -1.49. The lowest BCUT2D eigenvalue weighted by Crippen LogP contribution is -1.88. The monoisotopic (exact) mass is 223 g/mol. The highest BCUT2D eigenvalue weighted by Crippen LogP contribution is 2.28. The first-order valence-corrected chi connectivity index (χ1v) is 5.29. The molecular weight excluding hydrogens is 213 g/mol. The average Bonchev–Trinajstić information content (AvgIpc) is 2.61. The zero-order valence-corrected chi connectivity index (χ0v) is 9.23. The van der Waals surface area contributed by atoms with Crippen molar-refractivity contribution in [3.05, 3.63) is 29.0 Å². The molecule has 2 aromatic heterocycles. The second-order valence-electron chi connectivity index (χ2n) is 3.04. The summed E-state index contributed by atoms with van der Waals surface area (Å²) in [5.74, 6) is -0.333. The number of aryl methyl sites for hydroxylation is 1. The Balaban J connectivity index is 2.44. The first-order chi connectivity index (χ1) is 7.20. The fraction of sp³-hybridized carbons (Fsp3) is 0.200. The van der Waals surface area contributed by atoms with Crippen LogP contribution in [-0.4, -0.2) is 17.0 Å². The topological polar surface area (TPSA) is 37.8 Å². The molecule has 0 unspecified atom stereocenters. The van der Waals surface area contributed by atoms with Gasteiger partial charge in [0.2, 0.25) is 0 Å². The summed E-state index contributed by atoms with van der Waals surface area (Å²) in [6.45, 7) is 1.97. The first-order valence-electron chi connectivity index (χ1n) is 4.48. The number of anilines is 1. The second kappa shape index (κ2) is 3.94. The van der Waals surface area contributed by atoms with Crippen molar-refractivity contribution >= 4 is 16.5 Å². The van der Waals surface area contributed by atoms with Gasteiger partial charge in [-0.25, -0.2) is 9.37 Å². The van der Waals surface area contributed by atoms with Gasteiger partial charge in [-0.2, -0.15) is 0 Å². The van der Waals surface area contributed by atoms with Gasteiger partial charge in [-0.1, -0.05) is 0 Å². The Morgan fingerprint density at radius 2 is 2.20 bits per heavy atom. The molecule has 78 valence electrons. The summed E-state index contributed by atoms with van der Waals surface area (Å²) in [6, 6.07) is 3.02. The van der Waals surface area contributed by atoms with E-state index in [4.69, 9.17) is 0 Å². The summed E-state index contributed by atoms with van der Waals surface area (Å²) in [5, 5.41) is 3.82. The van der Waals surface area contributed by atoms with Crippen LogP contribution in [0.25, 0.3) is 11.4 Å². The lowest BCUT2D eigenvalue weighted by molar-refractivity contribution is 0.622. The van der Waals surface area contributed by atoms with Crippen LogP contribution in [0.1, 0.15) is 4.88 Å². The highest BCUT2D eigenvalue weighted by Gasteiger charge is 2.09. The summed E-state index contributed by atoms with van der Waals surface area (Å²) in [6.07, 6.45) is 1.20. The Labute approximate surface area is 91.0 Å². The molecule has 5 heteroatoms. The van der Waals surface area contributed by atoms with E-state index in [0.717, 1.165) is 15.7 Å². The van der Waals surface area contributed by atoms with Crippen LogP contribution < -0.4 is 5.32 Å². The molecule has 2 aromatic rings. The van der Waals surface area contributed by atoms with E-state index in [-0.39, 0.29) is 5.82 Å². The fourth-order valence-electron chi connectivity index (χ4n) is 1.26. The van der Waals surface area contributed by atoms with Crippen molar-refractivity contribution in [1.29, 1.82) is 0 Å². The van der Waals surface area contributed by atoms with E-state index in [0.29, 0.717) is 5.69 Å². The summed E-state index contributed by atoms with van der Waals surface area (Å²) in [4.78, 5) is 9.42. The minimum atomic E-state index is -0.333. The van der Waals surface area contributed by atoms with Crippen LogP contribution in [0.3, 0.4) is 0 Å². The number of halogens is 1. The zero-order chi connectivity index (χ0) is 10.8. The molecular formula is C10H10FN3S. The van der Waals surface area contributed by atoms with Crippen LogP contribution >= 0.6 is 11.3 Å². The molecule has 0 radical (unpaired) electrons. The molecule has 0 amide bonds. The molecule has 2 heterocycles. The van der Waals surface area contributed by atoms with Crippen molar-refractivity contribution in [2.45, 2.75) is 6.92 Å². The standard InChI is InChI=1S/C10H10FN3S/c1-6-9(14-10(12-2)15-6)8-4-3-7(11)5-13-8/h3-5H,1-2H3,(H,12,14). The van der Waals surface area contributed by atoms with E-state index < -0.39 is 0 Å². The maximum atomic E-state index is 12.7. The van der Waals surface area contributed by atoms with Gasteiger partial charge in [-0.3, -0.25) is 4.98 Å². The molecule has 0 spiro atoms. The molecule has 0 aliphatic rings. The van der Waals surface area contributed by atoms with Crippen LogP contribution in [0.5, 0.6) is 0 Å². The van der Waals surface area contributed by atoms with Gasteiger partial charge in [0.05, 0.1) is 11.9 Å². The van der Waals surface area contributed by atoms with Gasteiger partial charge < -0.3 is 5.32 Å². The van der Waals surface area contributed by atoms with E-state index in [9.17, 15) is 4.39 Å². The van der Waals surface area contributed by atoms with Crippen molar-refractivity contribution in [3.63, 3.8) is 0 Å². The Kier molecular flexibility index (Phi) is 2.64. The summed E-state index contributed by atoms with van der Waals surface area (Å²) < 4.78 is 12.7. The molecule has 0 aliphatic heterocycles. The largest absolute Gasteiger partial charge is 0.365 e.